The average molecular weight is 302 g/mol. The molecule has 0 saturated carbocycles. The van der Waals surface area contributed by atoms with Crippen LogP contribution in [0.1, 0.15) is 30.1 Å². The molecule has 1 aliphatic heterocycles. The van der Waals surface area contributed by atoms with E-state index in [1.54, 1.807) is 6.92 Å². The number of benzene rings is 1. The van der Waals surface area contributed by atoms with E-state index in [0.717, 1.165) is 18.9 Å². The molecule has 2 rings (SSSR count). The molecular formula is C12H15FN2O4S. The number of carboxylic acid groups (broad SMARTS) is 1. The average Bonchev–Trinajstić information content (AvgIpc) is 2.75. The van der Waals surface area contributed by atoms with Gasteiger partial charge in [-0.3, -0.25) is 4.72 Å². The third kappa shape index (κ3) is 2.75. The molecule has 0 spiro atoms. The van der Waals surface area contributed by atoms with Crippen LogP contribution in [0.4, 0.5) is 10.1 Å². The molecule has 2 N–H and O–H groups in total. The van der Waals surface area contributed by atoms with Gasteiger partial charge in [0.05, 0.1) is 5.69 Å². The summed E-state index contributed by atoms with van der Waals surface area (Å²) in [4.78, 5) is 11.0. The molecule has 1 aromatic rings. The monoisotopic (exact) mass is 302 g/mol. The van der Waals surface area contributed by atoms with E-state index in [9.17, 15) is 17.6 Å². The number of hydrogen-bond donors (Lipinski definition) is 2. The summed E-state index contributed by atoms with van der Waals surface area (Å²) in [6, 6.07) is 3.30. The number of hydrogen-bond acceptors (Lipinski definition) is 3. The van der Waals surface area contributed by atoms with Crippen molar-refractivity contribution in [1.82, 2.24) is 4.31 Å². The van der Waals surface area contributed by atoms with Gasteiger partial charge in [-0.2, -0.15) is 12.7 Å². The van der Waals surface area contributed by atoms with E-state index >= 15 is 0 Å². The molecule has 0 amide bonds. The largest absolute Gasteiger partial charge is 0.478 e. The van der Waals surface area contributed by atoms with Gasteiger partial charge in [0.15, 0.2) is 0 Å². The van der Waals surface area contributed by atoms with Crippen LogP contribution < -0.4 is 4.72 Å². The van der Waals surface area contributed by atoms with Crippen molar-refractivity contribution in [2.75, 3.05) is 11.3 Å². The number of nitrogens with one attached hydrogen (secondary N) is 1. The standard InChI is InChI=1S/C12H15FN2O4S/c1-8-4-3-7-15(8)20(18,19)14-10-6-2-5-9(13)11(10)12(16)17/h2,5-6,8,14H,3-4,7H2,1H3,(H,16,17). The topological polar surface area (TPSA) is 86.7 Å². The minimum absolute atomic E-state index is 0.158. The van der Waals surface area contributed by atoms with E-state index in [2.05, 4.69) is 4.72 Å². The SMILES string of the molecule is CC1CCCN1S(=O)(=O)Nc1cccc(F)c1C(=O)O. The van der Waals surface area contributed by atoms with Gasteiger partial charge >= 0.3 is 16.2 Å². The first kappa shape index (κ1) is 14.7. The van der Waals surface area contributed by atoms with Crippen molar-refractivity contribution in [3.63, 3.8) is 0 Å². The summed E-state index contributed by atoms with van der Waals surface area (Å²) >= 11 is 0. The van der Waals surface area contributed by atoms with Crippen molar-refractivity contribution >= 4 is 21.9 Å². The van der Waals surface area contributed by atoms with E-state index in [0.29, 0.717) is 6.54 Å². The fraction of sp³-hybridized carbons (Fsp3) is 0.417. The Bertz CT molecular complexity index is 632. The highest BCUT2D eigenvalue weighted by molar-refractivity contribution is 7.90. The first-order valence-electron chi connectivity index (χ1n) is 6.14. The molecule has 1 aromatic carbocycles. The van der Waals surface area contributed by atoms with E-state index in [4.69, 9.17) is 5.11 Å². The Morgan fingerprint density at radius 3 is 2.75 bits per heavy atom. The van der Waals surface area contributed by atoms with Crippen LogP contribution in [0.25, 0.3) is 0 Å². The number of anilines is 1. The highest BCUT2D eigenvalue weighted by Gasteiger charge is 2.32. The van der Waals surface area contributed by atoms with Crippen LogP contribution in [-0.2, 0) is 10.2 Å². The maximum atomic E-state index is 13.5. The fourth-order valence-corrected chi connectivity index (χ4v) is 3.80. The van der Waals surface area contributed by atoms with Crippen LogP contribution in [0.5, 0.6) is 0 Å². The van der Waals surface area contributed by atoms with Crippen molar-refractivity contribution in [2.45, 2.75) is 25.8 Å². The number of carboxylic acids is 1. The zero-order valence-electron chi connectivity index (χ0n) is 10.8. The van der Waals surface area contributed by atoms with Crippen molar-refractivity contribution < 1.29 is 22.7 Å². The minimum Gasteiger partial charge on any atom is -0.478 e. The molecule has 0 radical (unpaired) electrons. The third-order valence-corrected chi connectivity index (χ3v) is 4.90. The minimum atomic E-state index is -3.88. The first-order chi connectivity index (χ1) is 9.33. The Morgan fingerprint density at radius 1 is 1.50 bits per heavy atom. The normalized spacial score (nSPS) is 20.0. The lowest BCUT2D eigenvalue weighted by Gasteiger charge is -2.22. The summed E-state index contributed by atoms with van der Waals surface area (Å²) in [6.45, 7) is 2.14. The Morgan fingerprint density at radius 2 is 2.20 bits per heavy atom. The number of halogens is 1. The predicted octanol–water partition coefficient (Wildman–Crippen LogP) is 1.66. The fourth-order valence-electron chi connectivity index (χ4n) is 2.29. The molecule has 1 heterocycles. The van der Waals surface area contributed by atoms with Gasteiger partial charge in [0.2, 0.25) is 0 Å². The lowest BCUT2D eigenvalue weighted by Crippen LogP contribution is -2.38. The number of rotatable bonds is 4. The predicted molar refractivity (Wildman–Crippen MR) is 71.3 cm³/mol. The molecule has 0 aliphatic carbocycles. The van der Waals surface area contributed by atoms with Crippen molar-refractivity contribution in [2.24, 2.45) is 0 Å². The molecule has 1 unspecified atom stereocenters. The third-order valence-electron chi connectivity index (χ3n) is 3.27. The molecular weight excluding hydrogens is 287 g/mol. The van der Waals surface area contributed by atoms with E-state index in [-0.39, 0.29) is 11.7 Å². The second-order valence-corrected chi connectivity index (χ2v) is 6.30. The van der Waals surface area contributed by atoms with E-state index in [1.165, 1.54) is 16.4 Å². The number of aromatic carboxylic acids is 1. The van der Waals surface area contributed by atoms with Crippen LogP contribution in [0.2, 0.25) is 0 Å². The molecule has 110 valence electrons. The molecule has 1 saturated heterocycles. The first-order valence-corrected chi connectivity index (χ1v) is 7.58. The lowest BCUT2D eigenvalue weighted by atomic mass is 10.2. The van der Waals surface area contributed by atoms with Crippen LogP contribution in [0.15, 0.2) is 18.2 Å². The highest BCUT2D eigenvalue weighted by atomic mass is 32.2. The van der Waals surface area contributed by atoms with Crippen molar-refractivity contribution in [3.8, 4) is 0 Å². The summed E-state index contributed by atoms with van der Waals surface area (Å²) in [5.74, 6) is -2.50. The Hall–Kier alpha value is -1.67. The van der Waals surface area contributed by atoms with Gasteiger partial charge in [-0.1, -0.05) is 6.07 Å². The lowest BCUT2D eigenvalue weighted by molar-refractivity contribution is 0.0693. The van der Waals surface area contributed by atoms with E-state index < -0.39 is 27.6 Å². The molecule has 1 aliphatic rings. The summed E-state index contributed by atoms with van der Waals surface area (Å²) in [7, 11) is -3.88. The molecule has 6 nitrogen and oxygen atoms in total. The van der Waals surface area contributed by atoms with Crippen LogP contribution in [0, 0.1) is 5.82 Å². The molecule has 0 aromatic heterocycles. The smallest absolute Gasteiger partial charge is 0.340 e. The summed E-state index contributed by atoms with van der Waals surface area (Å²) in [5.41, 5.74) is -0.945. The summed E-state index contributed by atoms with van der Waals surface area (Å²) in [6.07, 6.45) is 1.49. The van der Waals surface area contributed by atoms with Gasteiger partial charge in [-0.05, 0) is 31.9 Å². The molecule has 20 heavy (non-hydrogen) atoms. The second-order valence-electron chi connectivity index (χ2n) is 4.68. The quantitative estimate of drug-likeness (QED) is 0.885. The molecule has 8 heteroatoms. The van der Waals surface area contributed by atoms with E-state index in [1.807, 2.05) is 0 Å². The number of nitrogens with zero attached hydrogens (tertiary/aromatic N) is 1. The van der Waals surface area contributed by atoms with Gasteiger partial charge < -0.3 is 5.11 Å². The van der Waals surface area contributed by atoms with Crippen LogP contribution >= 0.6 is 0 Å². The summed E-state index contributed by atoms with van der Waals surface area (Å²) in [5, 5.41) is 8.97. The van der Waals surface area contributed by atoms with Crippen LogP contribution in [0.3, 0.4) is 0 Å². The van der Waals surface area contributed by atoms with Crippen molar-refractivity contribution in [3.05, 3.63) is 29.6 Å². The summed E-state index contributed by atoms with van der Waals surface area (Å²) < 4.78 is 41.3. The Labute approximate surface area is 116 Å². The maximum Gasteiger partial charge on any atom is 0.340 e. The van der Waals surface area contributed by atoms with Gasteiger partial charge in [-0.25, -0.2) is 9.18 Å². The van der Waals surface area contributed by atoms with Gasteiger partial charge in [0.1, 0.15) is 11.4 Å². The second kappa shape index (κ2) is 5.37. The van der Waals surface area contributed by atoms with Gasteiger partial charge in [0, 0.05) is 12.6 Å². The van der Waals surface area contributed by atoms with Gasteiger partial charge in [0.25, 0.3) is 0 Å². The van der Waals surface area contributed by atoms with Crippen LogP contribution in [-0.4, -0.2) is 36.4 Å². The zero-order chi connectivity index (χ0) is 14.9. The van der Waals surface area contributed by atoms with Crippen molar-refractivity contribution in [1.29, 1.82) is 0 Å². The zero-order valence-corrected chi connectivity index (χ0v) is 11.7. The molecule has 1 fully saturated rings. The maximum absolute atomic E-state index is 13.5. The van der Waals surface area contributed by atoms with Gasteiger partial charge in [-0.15, -0.1) is 0 Å². The number of carbonyl (C=O) groups is 1. The Kier molecular flexibility index (Phi) is 3.96. The molecule has 1 atom stereocenters. The Balaban J connectivity index is 2.35. The molecule has 0 bridgehead atoms. The highest BCUT2D eigenvalue weighted by Crippen LogP contribution is 2.25.